The lowest BCUT2D eigenvalue weighted by Gasteiger charge is -2.26. The third-order valence-corrected chi connectivity index (χ3v) is 6.50. The molecule has 106 valence electrons. The Balaban J connectivity index is 2.76. The minimum Gasteiger partial charge on any atom is -0.370 e. The minimum atomic E-state index is -3.82. The number of anilines is 1. The number of sulfonamides is 2. The summed E-state index contributed by atoms with van der Waals surface area (Å²) in [7, 11) is -4.91. The first-order chi connectivity index (χ1) is 8.70. The Morgan fingerprint density at radius 2 is 2.05 bits per heavy atom. The van der Waals surface area contributed by atoms with Gasteiger partial charge in [-0.3, -0.25) is 0 Å². The van der Waals surface area contributed by atoms with Gasteiger partial charge in [-0.1, -0.05) is 11.6 Å². The van der Waals surface area contributed by atoms with E-state index in [1.165, 1.54) is 20.2 Å². The first-order valence-corrected chi connectivity index (χ1v) is 8.47. The maximum atomic E-state index is 12.1. The van der Waals surface area contributed by atoms with Crippen molar-refractivity contribution < 1.29 is 16.8 Å². The smallest absolute Gasteiger partial charge is 0.246 e. The van der Waals surface area contributed by atoms with Crippen molar-refractivity contribution in [2.75, 3.05) is 26.1 Å². The number of nitrogens with one attached hydrogen (secondary N) is 2. The van der Waals surface area contributed by atoms with E-state index in [9.17, 15) is 16.8 Å². The summed E-state index contributed by atoms with van der Waals surface area (Å²) in [6.45, 7) is 0.101. The quantitative estimate of drug-likeness (QED) is 0.812. The van der Waals surface area contributed by atoms with Crippen LogP contribution in [0.5, 0.6) is 0 Å². The molecule has 1 aliphatic rings. The molecule has 0 aliphatic carbocycles. The lowest BCUT2D eigenvalue weighted by Crippen LogP contribution is -2.36. The number of benzene rings is 1. The molecule has 2 N–H and O–H groups in total. The van der Waals surface area contributed by atoms with E-state index in [1.807, 2.05) is 0 Å². The van der Waals surface area contributed by atoms with Crippen LogP contribution in [0.2, 0.25) is 5.02 Å². The molecule has 0 fully saturated rings. The van der Waals surface area contributed by atoms with Gasteiger partial charge in [-0.05, 0) is 19.2 Å². The number of fused-ring (bicyclic) bond motifs is 1. The highest BCUT2D eigenvalue weighted by Gasteiger charge is 2.31. The molecule has 0 bridgehead atoms. The van der Waals surface area contributed by atoms with Crippen molar-refractivity contribution in [3.63, 3.8) is 0 Å². The van der Waals surface area contributed by atoms with Crippen LogP contribution in [0.1, 0.15) is 0 Å². The Bertz CT molecular complexity index is 730. The van der Waals surface area contributed by atoms with Gasteiger partial charge < -0.3 is 5.32 Å². The van der Waals surface area contributed by atoms with Crippen molar-refractivity contribution in [2.24, 2.45) is 0 Å². The Kier molecular flexibility index (Phi) is 3.52. The largest absolute Gasteiger partial charge is 0.370 e. The van der Waals surface area contributed by atoms with Gasteiger partial charge in [-0.25, -0.2) is 21.6 Å². The summed E-state index contributed by atoms with van der Waals surface area (Å²) in [4.78, 5) is -0.379. The molecule has 2 rings (SSSR count). The zero-order valence-electron chi connectivity index (χ0n) is 10.1. The molecule has 0 atom stereocenters. The van der Waals surface area contributed by atoms with Crippen LogP contribution in [0, 0.1) is 0 Å². The topological polar surface area (TPSA) is 95.6 Å². The number of hydrogen-bond acceptors (Lipinski definition) is 5. The third kappa shape index (κ3) is 2.32. The van der Waals surface area contributed by atoms with Crippen LogP contribution in [0.25, 0.3) is 0 Å². The Labute approximate surface area is 116 Å². The summed E-state index contributed by atoms with van der Waals surface area (Å²) in [5.74, 6) is 0. The van der Waals surface area contributed by atoms with Crippen molar-refractivity contribution >= 4 is 37.3 Å². The number of rotatable bonds is 2. The molecule has 0 radical (unpaired) electrons. The molecule has 0 spiro atoms. The molecule has 19 heavy (non-hydrogen) atoms. The van der Waals surface area contributed by atoms with E-state index in [2.05, 4.69) is 10.0 Å². The number of hydrogen-bond donors (Lipinski definition) is 2. The summed E-state index contributed by atoms with van der Waals surface area (Å²) >= 11 is 5.89. The SMILES string of the molecule is CNS(=O)(=O)c1cc2c(cc1Cl)NCN(C)S2(=O)=O. The van der Waals surface area contributed by atoms with E-state index in [-0.39, 0.29) is 27.2 Å². The van der Waals surface area contributed by atoms with Crippen molar-refractivity contribution in [1.29, 1.82) is 0 Å². The van der Waals surface area contributed by atoms with Gasteiger partial charge in [0.2, 0.25) is 20.0 Å². The Morgan fingerprint density at radius 3 is 2.63 bits per heavy atom. The van der Waals surface area contributed by atoms with E-state index >= 15 is 0 Å². The third-order valence-electron chi connectivity index (χ3n) is 2.77. The average Bonchev–Trinajstić information content (AvgIpc) is 2.33. The van der Waals surface area contributed by atoms with Crippen LogP contribution in [-0.4, -0.2) is 41.9 Å². The summed E-state index contributed by atoms with van der Waals surface area (Å²) in [6.07, 6.45) is 0. The highest BCUT2D eigenvalue weighted by Crippen LogP contribution is 2.34. The predicted octanol–water partition coefficient (Wildman–Crippen LogP) is 0.252. The van der Waals surface area contributed by atoms with E-state index < -0.39 is 20.0 Å². The lowest BCUT2D eigenvalue weighted by molar-refractivity contribution is 0.482. The van der Waals surface area contributed by atoms with Gasteiger partial charge in [0.25, 0.3) is 0 Å². The van der Waals surface area contributed by atoms with Gasteiger partial charge in [-0.2, -0.15) is 4.31 Å². The molecule has 1 aromatic rings. The normalized spacial score (nSPS) is 18.7. The fourth-order valence-electron chi connectivity index (χ4n) is 1.65. The zero-order chi connectivity index (χ0) is 14.4. The van der Waals surface area contributed by atoms with Crippen LogP contribution in [-0.2, 0) is 20.0 Å². The molecular weight excluding hydrogens is 314 g/mol. The van der Waals surface area contributed by atoms with Crippen molar-refractivity contribution in [3.05, 3.63) is 17.2 Å². The van der Waals surface area contributed by atoms with E-state index in [1.54, 1.807) is 0 Å². The van der Waals surface area contributed by atoms with Crippen LogP contribution in [0.15, 0.2) is 21.9 Å². The fourth-order valence-corrected chi connectivity index (χ4v) is 4.25. The van der Waals surface area contributed by atoms with Gasteiger partial charge in [0, 0.05) is 7.05 Å². The first kappa shape index (κ1) is 14.5. The zero-order valence-corrected chi connectivity index (χ0v) is 12.5. The maximum absolute atomic E-state index is 12.1. The minimum absolute atomic E-state index is 0.0413. The lowest BCUT2D eigenvalue weighted by atomic mass is 10.3. The van der Waals surface area contributed by atoms with Crippen LogP contribution < -0.4 is 10.0 Å². The molecule has 1 heterocycles. The fraction of sp³-hybridized carbons (Fsp3) is 0.333. The molecule has 0 amide bonds. The van der Waals surface area contributed by atoms with Gasteiger partial charge in [0.05, 0.1) is 17.4 Å². The second-order valence-corrected chi connectivity index (χ2v) is 8.20. The van der Waals surface area contributed by atoms with Gasteiger partial charge in [0.15, 0.2) is 0 Å². The van der Waals surface area contributed by atoms with E-state index in [4.69, 9.17) is 11.6 Å². The molecule has 1 aliphatic heterocycles. The summed E-state index contributed by atoms with van der Waals surface area (Å²) < 4.78 is 51.0. The second-order valence-electron chi connectivity index (χ2n) is 3.92. The Morgan fingerprint density at radius 1 is 1.42 bits per heavy atom. The van der Waals surface area contributed by atoms with Crippen molar-refractivity contribution in [3.8, 4) is 0 Å². The number of nitrogens with zero attached hydrogens (tertiary/aromatic N) is 1. The van der Waals surface area contributed by atoms with Gasteiger partial charge in [-0.15, -0.1) is 0 Å². The van der Waals surface area contributed by atoms with Crippen molar-refractivity contribution in [2.45, 2.75) is 9.79 Å². The van der Waals surface area contributed by atoms with Gasteiger partial charge >= 0.3 is 0 Å². The Hall–Kier alpha value is -0.870. The molecule has 0 unspecified atom stereocenters. The standard InChI is InChI=1S/C9H12ClN3O4S2/c1-11-18(14,15)8-4-9-7(3-6(8)10)12-5-13(2)19(9,16)17/h3-4,11-12H,5H2,1-2H3. The van der Waals surface area contributed by atoms with E-state index in [0.717, 1.165) is 10.4 Å². The highest BCUT2D eigenvalue weighted by atomic mass is 35.5. The summed E-state index contributed by atoms with van der Waals surface area (Å²) in [5.41, 5.74) is 0.290. The molecular formula is C9H12ClN3O4S2. The molecule has 0 saturated heterocycles. The average molecular weight is 326 g/mol. The van der Waals surface area contributed by atoms with Crippen LogP contribution in [0.3, 0.4) is 0 Å². The molecule has 1 aromatic carbocycles. The molecule has 10 heteroatoms. The molecule has 7 nitrogen and oxygen atoms in total. The first-order valence-electron chi connectivity index (χ1n) is 5.17. The van der Waals surface area contributed by atoms with Crippen LogP contribution in [0.4, 0.5) is 5.69 Å². The summed E-state index contributed by atoms with van der Waals surface area (Å²) in [6, 6.07) is 2.35. The monoisotopic (exact) mass is 325 g/mol. The molecule has 0 aromatic heterocycles. The van der Waals surface area contributed by atoms with Crippen molar-refractivity contribution in [1.82, 2.24) is 9.03 Å². The second kappa shape index (κ2) is 4.60. The number of halogens is 1. The summed E-state index contributed by atoms with van der Waals surface area (Å²) in [5, 5.41) is 2.81. The molecule has 0 saturated carbocycles. The predicted molar refractivity (Wildman–Crippen MR) is 71.1 cm³/mol. The van der Waals surface area contributed by atoms with Gasteiger partial charge in [0.1, 0.15) is 9.79 Å². The highest BCUT2D eigenvalue weighted by molar-refractivity contribution is 7.90. The maximum Gasteiger partial charge on any atom is 0.246 e. The van der Waals surface area contributed by atoms with E-state index in [0.29, 0.717) is 0 Å². The van der Waals surface area contributed by atoms with Crippen LogP contribution >= 0.6 is 11.6 Å².